The van der Waals surface area contributed by atoms with Gasteiger partial charge in [0.25, 0.3) is 0 Å². The topological polar surface area (TPSA) is 21.3 Å². The predicted molar refractivity (Wildman–Crippen MR) is 50.9 cm³/mol. The van der Waals surface area contributed by atoms with Crippen molar-refractivity contribution in [1.82, 2.24) is 5.32 Å². The van der Waals surface area contributed by atoms with Gasteiger partial charge in [0.2, 0.25) is 0 Å². The van der Waals surface area contributed by atoms with Crippen molar-refractivity contribution in [3.8, 4) is 5.75 Å². The summed E-state index contributed by atoms with van der Waals surface area (Å²) in [6.45, 7) is 1.63. The summed E-state index contributed by atoms with van der Waals surface area (Å²) in [5.74, 6) is 0.0633. The van der Waals surface area contributed by atoms with Crippen molar-refractivity contribution in [1.29, 1.82) is 0 Å². The second kappa shape index (κ2) is 4.44. The van der Waals surface area contributed by atoms with Crippen molar-refractivity contribution in [3.63, 3.8) is 0 Å². The Morgan fingerprint density at radius 2 is 2.00 bits per heavy atom. The Kier molecular flexibility index (Phi) is 3.51. The monoisotopic (exact) mass is 203 g/mol. The Morgan fingerprint density at radius 3 is 2.54 bits per heavy atom. The highest BCUT2D eigenvalue weighted by atomic mass is 35.5. The normalized spacial score (nSPS) is 15.8. The van der Waals surface area contributed by atoms with Crippen molar-refractivity contribution in [2.45, 2.75) is 6.10 Å². The van der Waals surface area contributed by atoms with Gasteiger partial charge in [-0.25, -0.2) is 4.39 Å². The molecule has 1 aromatic rings. The zero-order valence-electron chi connectivity index (χ0n) is 7.00. The van der Waals surface area contributed by atoms with Crippen LogP contribution in [-0.2, 0) is 0 Å². The highest BCUT2D eigenvalue weighted by Crippen LogP contribution is 2.17. The lowest BCUT2D eigenvalue weighted by atomic mass is 10.2. The fourth-order valence-corrected chi connectivity index (χ4v) is 1.07. The van der Waals surface area contributed by atoms with Crippen LogP contribution in [-0.4, -0.2) is 19.2 Å². The maximum atomic E-state index is 13.0. The summed E-state index contributed by atoms with van der Waals surface area (Å²) < 4.78 is 18.3. The number of hydrogen-bond donors (Lipinski definition) is 1. The van der Waals surface area contributed by atoms with Gasteiger partial charge in [-0.3, -0.25) is 0 Å². The smallest absolute Gasteiger partial charge is 0.165 e. The molecule has 1 heterocycles. The van der Waals surface area contributed by atoms with Crippen LogP contribution in [0.2, 0.25) is 0 Å². The lowest BCUT2D eigenvalue weighted by Gasteiger charge is -2.27. The third-order valence-corrected chi connectivity index (χ3v) is 1.87. The van der Waals surface area contributed by atoms with Gasteiger partial charge in [0.1, 0.15) is 6.10 Å². The van der Waals surface area contributed by atoms with Crippen LogP contribution >= 0.6 is 12.4 Å². The van der Waals surface area contributed by atoms with E-state index in [0.717, 1.165) is 13.1 Å². The molecule has 1 saturated heterocycles. The zero-order chi connectivity index (χ0) is 8.39. The minimum atomic E-state index is -0.288. The molecule has 0 unspecified atom stereocenters. The number of benzene rings is 1. The van der Waals surface area contributed by atoms with Crippen molar-refractivity contribution >= 4 is 12.4 Å². The van der Waals surface area contributed by atoms with Crippen molar-refractivity contribution in [2.75, 3.05) is 13.1 Å². The van der Waals surface area contributed by atoms with E-state index in [1.807, 2.05) is 0 Å². The lowest BCUT2D eigenvalue weighted by molar-refractivity contribution is 0.136. The molecule has 0 spiro atoms. The molecule has 0 saturated carbocycles. The lowest BCUT2D eigenvalue weighted by Crippen LogP contribution is -2.50. The Morgan fingerprint density at radius 1 is 1.31 bits per heavy atom. The molecule has 2 rings (SSSR count). The highest BCUT2D eigenvalue weighted by Gasteiger charge is 2.19. The predicted octanol–water partition coefficient (Wildman–Crippen LogP) is 1.60. The molecular formula is C9H11ClFNO. The van der Waals surface area contributed by atoms with E-state index in [9.17, 15) is 4.39 Å². The number of halogens is 2. The molecule has 0 radical (unpaired) electrons. The number of hydrogen-bond acceptors (Lipinski definition) is 2. The SMILES string of the molecule is Cl.Fc1ccccc1OC1CNC1. The largest absolute Gasteiger partial charge is 0.485 e. The van der Waals surface area contributed by atoms with E-state index in [2.05, 4.69) is 5.32 Å². The molecule has 1 N–H and O–H groups in total. The molecule has 1 aromatic carbocycles. The average molecular weight is 204 g/mol. The van der Waals surface area contributed by atoms with Crippen LogP contribution in [0.5, 0.6) is 5.75 Å². The first-order valence-corrected chi connectivity index (χ1v) is 3.98. The second-order valence-electron chi connectivity index (χ2n) is 2.83. The van der Waals surface area contributed by atoms with Crippen LogP contribution < -0.4 is 10.1 Å². The molecular weight excluding hydrogens is 193 g/mol. The van der Waals surface area contributed by atoms with Gasteiger partial charge in [-0.05, 0) is 12.1 Å². The third kappa shape index (κ3) is 2.32. The highest BCUT2D eigenvalue weighted by molar-refractivity contribution is 5.85. The molecule has 0 amide bonds. The summed E-state index contributed by atoms with van der Waals surface area (Å²) in [6.07, 6.45) is 0.141. The Hall–Kier alpha value is -0.800. The Balaban J connectivity index is 0.000000845. The van der Waals surface area contributed by atoms with E-state index < -0.39 is 0 Å². The Bertz CT molecular complexity index is 278. The first-order valence-electron chi connectivity index (χ1n) is 3.98. The van der Waals surface area contributed by atoms with Gasteiger partial charge in [0.05, 0.1) is 0 Å². The molecule has 1 fully saturated rings. The van der Waals surface area contributed by atoms with Gasteiger partial charge >= 0.3 is 0 Å². The molecule has 0 bridgehead atoms. The maximum absolute atomic E-state index is 13.0. The molecule has 0 aliphatic carbocycles. The average Bonchev–Trinajstić information content (AvgIpc) is 2.00. The summed E-state index contributed by atoms with van der Waals surface area (Å²) in [5.41, 5.74) is 0. The van der Waals surface area contributed by atoms with Crippen molar-refractivity contribution in [3.05, 3.63) is 30.1 Å². The summed E-state index contributed by atoms with van der Waals surface area (Å²) in [6, 6.07) is 6.47. The van der Waals surface area contributed by atoms with Crippen LogP contribution in [0.1, 0.15) is 0 Å². The van der Waals surface area contributed by atoms with Gasteiger partial charge in [0, 0.05) is 13.1 Å². The van der Waals surface area contributed by atoms with Gasteiger partial charge in [0.15, 0.2) is 11.6 Å². The summed E-state index contributed by atoms with van der Waals surface area (Å²) in [4.78, 5) is 0. The Labute approximate surface area is 82.5 Å². The minimum Gasteiger partial charge on any atom is -0.485 e. The van der Waals surface area contributed by atoms with Crippen LogP contribution in [0.25, 0.3) is 0 Å². The van der Waals surface area contributed by atoms with Crippen LogP contribution in [0.4, 0.5) is 4.39 Å². The fourth-order valence-electron chi connectivity index (χ4n) is 1.07. The van der Waals surface area contributed by atoms with Crippen molar-refractivity contribution in [2.24, 2.45) is 0 Å². The molecule has 13 heavy (non-hydrogen) atoms. The molecule has 4 heteroatoms. The van der Waals surface area contributed by atoms with E-state index in [0.29, 0.717) is 5.75 Å². The molecule has 0 aromatic heterocycles. The van der Waals surface area contributed by atoms with E-state index in [1.54, 1.807) is 18.2 Å². The van der Waals surface area contributed by atoms with E-state index in [4.69, 9.17) is 4.74 Å². The molecule has 1 aliphatic heterocycles. The molecule has 1 aliphatic rings. The third-order valence-electron chi connectivity index (χ3n) is 1.87. The van der Waals surface area contributed by atoms with Crippen molar-refractivity contribution < 1.29 is 9.13 Å². The van der Waals surface area contributed by atoms with Crippen LogP contribution in [0.3, 0.4) is 0 Å². The number of para-hydroxylation sites is 1. The molecule has 72 valence electrons. The van der Waals surface area contributed by atoms with E-state index in [-0.39, 0.29) is 24.3 Å². The number of rotatable bonds is 2. The van der Waals surface area contributed by atoms with Crippen LogP contribution in [0.15, 0.2) is 24.3 Å². The summed E-state index contributed by atoms with van der Waals surface area (Å²) >= 11 is 0. The zero-order valence-corrected chi connectivity index (χ0v) is 7.81. The van der Waals surface area contributed by atoms with Gasteiger partial charge in [-0.15, -0.1) is 12.4 Å². The van der Waals surface area contributed by atoms with E-state index in [1.165, 1.54) is 6.07 Å². The first-order chi connectivity index (χ1) is 5.86. The fraction of sp³-hybridized carbons (Fsp3) is 0.333. The quantitative estimate of drug-likeness (QED) is 0.789. The molecule has 0 atom stereocenters. The number of nitrogens with one attached hydrogen (secondary N) is 1. The first kappa shape index (κ1) is 10.3. The second-order valence-corrected chi connectivity index (χ2v) is 2.83. The summed E-state index contributed by atoms with van der Waals surface area (Å²) in [7, 11) is 0. The van der Waals surface area contributed by atoms with Gasteiger partial charge in [-0.2, -0.15) is 0 Å². The van der Waals surface area contributed by atoms with E-state index >= 15 is 0 Å². The van der Waals surface area contributed by atoms with Gasteiger partial charge < -0.3 is 10.1 Å². The molecule has 2 nitrogen and oxygen atoms in total. The van der Waals surface area contributed by atoms with Crippen LogP contribution in [0, 0.1) is 5.82 Å². The maximum Gasteiger partial charge on any atom is 0.165 e. The summed E-state index contributed by atoms with van der Waals surface area (Å²) in [5, 5.41) is 3.05. The number of ether oxygens (including phenoxy) is 1. The minimum absolute atomic E-state index is 0. The standard InChI is InChI=1S/C9H10FNO.ClH/c10-8-3-1-2-4-9(8)12-7-5-11-6-7;/h1-4,7,11H,5-6H2;1H. The van der Waals surface area contributed by atoms with Gasteiger partial charge in [-0.1, -0.05) is 12.1 Å².